The molecule has 1 aliphatic rings. The van der Waals surface area contributed by atoms with E-state index < -0.39 is 5.97 Å². The minimum atomic E-state index is -0.761. The molecule has 0 spiro atoms. The first-order valence-electron chi connectivity index (χ1n) is 4.35. The van der Waals surface area contributed by atoms with Crippen molar-refractivity contribution in [2.24, 2.45) is 0 Å². The van der Waals surface area contributed by atoms with E-state index in [1.807, 2.05) is 24.3 Å². The maximum atomic E-state index is 10.5. The fraction of sp³-hybridized carbons (Fsp3) is 0.182. The maximum absolute atomic E-state index is 10.5. The Morgan fingerprint density at radius 2 is 2.29 bits per heavy atom. The van der Waals surface area contributed by atoms with E-state index in [4.69, 9.17) is 5.11 Å². The van der Waals surface area contributed by atoms with Gasteiger partial charge in [-0.05, 0) is 29.7 Å². The summed E-state index contributed by atoms with van der Waals surface area (Å²) in [6, 6.07) is 6.02. The van der Waals surface area contributed by atoms with E-state index in [0.717, 1.165) is 22.0 Å². The number of hydrogen-bond acceptors (Lipinski definition) is 1. The summed E-state index contributed by atoms with van der Waals surface area (Å²) in [5.41, 5.74) is 3.32. The Kier molecular flexibility index (Phi) is 2.42. The van der Waals surface area contributed by atoms with Gasteiger partial charge in [-0.25, -0.2) is 0 Å². The molecule has 0 bridgehead atoms. The highest BCUT2D eigenvalue weighted by molar-refractivity contribution is 9.10. The molecule has 14 heavy (non-hydrogen) atoms. The Bertz CT molecular complexity index is 421. The molecule has 1 aromatic carbocycles. The normalized spacial score (nSPS) is 13.6. The average molecular weight is 253 g/mol. The smallest absolute Gasteiger partial charge is 0.307 e. The van der Waals surface area contributed by atoms with E-state index >= 15 is 0 Å². The molecule has 3 heteroatoms. The number of aliphatic carboxylic acids is 1. The number of fused-ring (bicyclic) bond motifs is 1. The number of halogens is 1. The third-order valence-electron chi connectivity index (χ3n) is 2.26. The van der Waals surface area contributed by atoms with Gasteiger partial charge in [0, 0.05) is 4.47 Å². The van der Waals surface area contributed by atoms with Gasteiger partial charge in [0.2, 0.25) is 0 Å². The fourth-order valence-electron chi connectivity index (χ4n) is 1.69. The van der Waals surface area contributed by atoms with Crippen molar-refractivity contribution in [2.45, 2.75) is 12.8 Å². The minimum absolute atomic E-state index is 0.145. The molecule has 0 amide bonds. The zero-order valence-electron chi connectivity index (χ0n) is 7.46. The summed E-state index contributed by atoms with van der Waals surface area (Å²) in [7, 11) is 0. The summed E-state index contributed by atoms with van der Waals surface area (Å²) >= 11 is 3.40. The second kappa shape index (κ2) is 3.58. The summed E-state index contributed by atoms with van der Waals surface area (Å²) in [6.45, 7) is 0. The van der Waals surface area contributed by atoms with Gasteiger partial charge in [0.15, 0.2) is 0 Å². The largest absolute Gasteiger partial charge is 0.481 e. The third-order valence-corrected chi connectivity index (χ3v) is 2.75. The quantitative estimate of drug-likeness (QED) is 0.879. The third kappa shape index (κ3) is 1.87. The lowest BCUT2D eigenvalue weighted by Crippen LogP contribution is -1.96. The van der Waals surface area contributed by atoms with Crippen molar-refractivity contribution >= 4 is 28.0 Å². The zero-order valence-corrected chi connectivity index (χ0v) is 9.04. The van der Waals surface area contributed by atoms with Crippen LogP contribution in [0.1, 0.15) is 17.5 Å². The second-order valence-electron chi connectivity index (χ2n) is 3.39. The van der Waals surface area contributed by atoms with Crippen LogP contribution in [-0.4, -0.2) is 11.1 Å². The molecule has 0 fully saturated rings. The number of hydrogen-bond donors (Lipinski definition) is 1. The predicted octanol–water partition coefficient (Wildman–Crippen LogP) is 2.86. The van der Waals surface area contributed by atoms with Crippen LogP contribution in [0, 0.1) is 0 Å². The van der Waals surface area contributed by atoms with Gasteiger partial charge in [-0.15, -0.1) is 0 Å². The van der Waals surface area contributed by atoms with Crippen molar-refractivity contribution in [3.8, 4) is 0 Å². The molecule has 72 valence electrons. The van der Waals surface area contributed by atoms with Crippen molar-refractivity contribution in [1.29, 1.82) is 0 Å². The van der Waals surface area contributed by atoms with E-state index in [1.54, 1.807) is 0 Å². The topological polar surface area (TPSA) is 37.3 Å². The van der Waals surface area contributed by atoms with Crippen LogP contribution >= 0.6 is 15.9 Å². The molecular formula is C11H9BrO2. The Morgan fingerprint density at radius 1 is 1.50 bits per heavy atom. The molecule has 1 aliphatic carbocycles. The number of carboxylic acids is 1. The SMILES string of the molecule is O=C(O)CC1=Cc2ccc(Br)cc2C1. The van der Waals surface area contributed by atoms with Gasteiger partial charge in [-0.1, -0.05) is 33.6 Å². The number of carbonyl (C=O) groups is 1. The minimum Gasteiger partial charge on any atom is -0.481 e. The lowest BCUT2D eigenvalue weighted by atomic mass is 10.1. The van der Waals surface area contributed by atoms with Crippen molar-refractivity contribution in [2.75, 3.05) is 0 Å². The zero-order chi connectivity index (χ0) is 10.1. The molecule has 1 N–H and O–H groups in total. The van der Waals surface area contributed by atoms with Crippen LogP contribution < -0.4 is 0 Å². The Balaban J connectivity index is 2.23. The molecular weight excluding hydrogens is 244 g/mol. The van der Waals surface area contributed by atoms with Gasteiger partial charge >= 0.3 is 5.97 Å². The first kappa shape index (κ1) is 9.46. The summed E-state index contributed by atoms with van der Waals surface area (Å²) in [6.07, 6.45) is 2.88. The summed E-state index contributed by atoms with van der Waals surface area (Å²) < 4.78 is 1.04. The Morgan fingerprint density at radius 3 is 3.00 bits per heavy atom. The van der Waals surface area contributed by atoms with Crippen LogP contribution in [-0.2, 0) is 11.2 Å². The van der Waals surface area contributed by atoms with Crippen LogP contribution in [0.25, 0.3) is 6.08 Å². The highest BCUT2D eigenvalue weighted by Gasteiger charge is 2.14. The van der Waals surface area contributed by atoms with Gasteiger partial charge in [0.1, 0.15) is 0 Å². The van der Waals surface area contributed by atoms with Gasteiger partial charge in [0.05, 0.1) is 6.42 Å². The van der Waals surface area contributed by atoms with E-state index in [-0.39, 0.29) is 6.42 Å². The van der Waals surface area contributed by atoms with E-state index in [9.17, 15) is 4.79 Å². The molecule has 0 radical (unpaired) electrons. The molecule has 0 saturated heterocycles. The molecule has 1 aromatic rings. The molecule has 0 heterocycles. The molecule has 0 unspecified atom stereocenters. The fourth-order valence-corrected chi connectivity index (χ4v) is 2.10. The molecule has 0 aliphatic heterocycles. The number of carboxylic acid groups (broad SMARTS) is 1. The van der Waals surface area contributed by atoms with Crippen LogP contribution in [0.5, 0.6) is 0 Å². The summed E-state index contributed by atoms with van der Waals surface area (Å²) in [4.78, 5) is 10.5. The van der Waals surface area contributed by atoms with Gasteiger partial charge in [0.25, 0.3) is 0 Å². The van der Waals surface area contributed by atoms with Crippen molar-refractivity contribution in [3.63, 3.8) is 0 Å². The summed E-state index contributed by atoms with van der Waals surface area (Å²) in [5, 5.41) is 8.66. The highest BCUT2D eigenvalue weighted by atomic mass is 79.9. The molecule has 2 rings (SSSR count). The molecule has 2 nitrogen and oxygen atoms in total. The first-order valence-corrected chi connectivity index (χ1v) is 5.14. The van der Waals surface area contributed by atoms with E-state index in [0.29, 0.717) is 0 Å². The number of benzene rings is 1. The molecule has 0 atom stereocenters. The maximum Gasteiger partial charge on any atom is 0.307 e. The van der Waals surface area contributed by atoms with Crippen molar-refractivity contribution < 1.29 is 9.90 Å². The number of rotatable bonds is 2. The van der Waals surface area contributed by atoms with Gasteiger partial charge < -0.3 is 5.11 Å². The monoisotopic (exact) mass is 252 g/mol. The summed E-state index contributed by atoms with van der Waals surface area (Å²) in [5.74, 6) is -0.761. The van der Waals surface area contributed by atoms with Gasteiger partial charge in [-0.3, -0.25) is 4.79 Å². The highest BCUT2D eigenvalue weighted by Crippen LogP contribution is 2.28. The van der Waals surface area contributed by atoms with Crippen LogP contribution in [0.4, 0.5) is 0 Å². The standard InChI is InChI=1S/C11H9BrO2/c12-10-2-1-8-3-7(5-11(13)14)4-9(8)6-10/h1-3,6H,4-5H2,(H,13,14). The average Bonchev–Trinajstić information content (AvgIpc) is 2.44. The van der Waals surface area contributed by atoms with Crippen molar-refractivity contribution in [3.05, 3.63) is 39.4 Å². The first-order chi connectivity index (χ1) is 6.65. The van der Waals surface area contributed by atoms with Crippen molar-refractivity contribution in [1.82, 2.24) is 0 Å². The van der Waals surface area contributed by atoms with Gasteiger partial charge in [-0.2, -0.15) is 0 Å². The van der Waals surface area contributed by atoms with E-state index in [1.165, 1.54) is 5.56 Å². The van der Waals surface area contributed by atoms with E-state index in [2.05, 4.69) is 15.9 Å². The second-order valence-corrected chi connectivity index (χ2v) is 4.31. The molecule has 0 aromatic heterocycles. The van der Waals surface area contributed by atoms with Crippen LogP contribution in [0.3, 0.4) is 0 Å². The predicted molar refractivity (Wildman–Crippen MR) is 58.1 cm³/mol. The lowest BCUT2D eigenvalue weighted by Gasteiger charge is -1.98. The Hall–Kier alpha value is -1.09. The lowest BCUT2D eigenvalue weighted by molar-refractivity contribution is -0.136. The van der Waals surface area contributed by atoms with Crippen LogP contribution in [0.15, 0.2) is 28.2 Å². The van der Waals surface area contributed by atoms with Crippen LogP contribution in [0.2, 0.25) is 0 Å². The Labute approximate surface area is 90.4 Å². The molecule has 0 saturated carbocycles.